The van der Waals surface area contributed by atoms with Crippen molar-refractivity contribution in [2.75, 3.05) is 26.6 Å². The number of anilines is 1. The molecule has 8 nitrogen and oxygen atoms in total. The van der Waals surface area contributed by atoms with Crippen molar-refractivity contribution >= 4 is 29.1 Å². The van der Waals surface area contributed by atoms with E-state index in [1.165, 1.54) is 21.3 Å². The summed E-state index contributed by atoms with van der Waals surface area (Å²) in [6, 6.07) is 3.52. The molecule has 3 rings (SSSR count). The standard InChI is InChI=1S/C16H16N2O6S/c1-22-9-4-7(5-10(23-2)14(9)24-3)8-6-11(19)17-12-13(16(20)21)18-25-15(8)12/h4-5,8H,6H2,1-3H3,(H,17,19)(H,20,21). The quantitative estimate of drug-likeness (QED) is 0.838. The van der Waals surface area contributed by atoms with Crippen LogP contribution in [-0.4, -0.2) is 42.7 Å². The molecule has 1 aliphatic rings. The molecule has 0 aliphatic carbocycles. The van der Waals surface area contributed by atoms with E-state index in [1.54, 1.807) is 12.1 Å². The molecule has 0 bridgehead atoms. The number of carboxylic acids is 1. The van der Waals surface area contributed by atoms with Gasteiger partial charge < -0.3 is 24.6 Å². The first-order chi connectivity index (χ1) is 12.0. The fraction of sp³-hybridized carbons (Fsp3) is 0.312. The molecule has 1 aliphatic heterocycles. The van der Waals surface area contributed by atoms with Gasteiger partial charge in [0.15, 0.2) is 17.2 Å². The first-order valence-corrected chi connectivity index (χ1v) is 8.10. The molecule has 2 N–H and O–H groups in total. The Bertz CT molecular complexity index is 822. The lowest BCUT2D eigenvalue weighted by molar-refractivity contribution is -0.116. The molecule has 1 unspecified atom stereocenters. The van der Waals surface area contributed by atoms with Crippen molar-refractivity contribution in [2.45, 2.75) is 12.3 Å². The van der Waals surface area contributed by atoms with Gasteiger partial charge in [-0.2, -0.15) is 4.37 Å². The Balaban J connectivity index is 2.14. The number of hydrogen-bond donors (Lipinski definition) is 2. The zero-order valence-corrected chi connectivity index (χ0v) is 14.6. The molecule has 1 aromatic heterocycles. The summed E-state index contributed by atoms with van der Waals surface area (Å²) in [5.74, 6) is -0.412. The number of methoxy groups -OCH3 is 3. The maximum Gasteiger partial charge on any atom is 0.357 e. The lowest BCUT2D eigenvalue weighted by atomic mass is 9.89. The fourth-order valence-corrected chi connectivity index (χ4v) is 3.79. The summed E-state index contributed by atoms with van der Waals surface area (Å²) in [5, 5.41) is 11.9. The predicted molar refractivity (Wildman–Crippen MR) is 90.3 cm³/mol. The summed E-state index contributed by atoms with van der Waals surface area (Å²) in [5.41, 5.74) is 0.865. The highest BCUT2D eigenvalue weighted by molar-refractivity contribution is 7.06. The predicted octanol–water partition coefficient (Wildman–Crippen LogP) is 2.34. The molecule has 132 valence electrons. The Morgan fingerprint density at radius 2 is 1.88 bits per heavy atom. The SMILES string of the molecule is COc1cc(C2CC(=O)Nc3c(C(=O)O)nsc32)cc(OC)c1OC. The van der Waals surface area contributed by atoms with Gasteiger partial charge in [-0.25, -0.2) is 4.79 Å². The van der Waals surface area contributed by atoms with E-state index in [-0.39, 0.29) is 29.6 Å². The molecule has 2 aromatic rings. The number of carboxylic acid groups (broad SMARTS) is 1. The molecule has 25 heavy (non-hydrogen) atoms. The van der Waals surface area contributed by atoms with Crippen LogP contribution in [0.15, 0.2) is 12.1 Å². The van der Waals surface area contributed by atoms with Crippen molar-refractivity contribution in [1.29, 1.82) is 0 Å². The number of ether oxygens (including phenoxy) is 3. The van der Waals surface area contributed by atoms with Crippen molar-refractivity contribution in [3.8, 4) is 17.2 Å². The average molecular weight is 364 g/mol. The zero-order chi connectivity index (χ0) is 18.1. The van der Waals surface area contributed by atoms with Gasteiger partial charge in [0.1, 0.15) is 0 Å². The average Bonchev–Trinajstić information content (AvgIpc) is 3.03. The van der Waals surface area contributed by atoms with Crippen LogP contribution in [0.4, 0.5) is 5.69 Å². The van der Waals surface area contributed by atoms with Crippen LogP contribution in [0.1, 0.15) is 33.3 Å². The third-order valence-electron chi connectivity index (χ3n) is 3.98. The number of aromatic carboxylic acids is 1. The van der Waals surface area contributed by atoms with Gasteiger partial charge in [-0.15, -0.1) is 0 Å². The van der Waals surface area contributed by atoms with Crippen molar-refractivity contribution in [1.82, 2.24) is 4.37 Å². The number of carbonyl (C=O) groups excluding carboxylic acids is 1. The molecule has 0 saturated heterocycles. The minimum Gasteiger partial charge on any atom is -0.493 e. The first kappa shape index (κ1) is 17.0. The summed E-state index contributed by atoms with van der Waals surface area (Å²) in [7, 11) is 4.53. The fourth-order valence-electron chi connectivity index (χ4n) is 2.85. The third-order valence-corrected chi connectivity index (χ3v) is 4.94. The van der Waals surface area contributed by atoms with Crippen LogP contribution in [0.5, 0.6) is 17.2 Å². The van der Waals surface area contributed by atoms with Crippen LogP contribution < -0.4 is 19.5 Å². The second-order valence-corrected chi connectivity index (χ2v) is 6.14. The van der Waals surface area contributed by atoms with E-state index in [0.29, 0.717) is 22.1 Å². The molecule has 1 amide bonds. The minimum atomic E-state index is -1.18. The highest BCUT2D eigenvalue weighted by Gasteiger charge is 2.34. The number of rotatable bonds is 5. The Morgan fingerprint density at radius 3 is 2.40 bits per heavy atom. The molecular formula is C16H16N2O6S. The van der Waals surface area contributed by atoms with Crippen molar-refractivity contribution in [2.24, 2.45) is 0 Å². The summed E-state index contributed by atoms with van der Waals surface area (Å²) in [4.78, 5) is 24.1. The van der Waals surface area contributed by atoms with E-state index in [0.717, 1.165) is 17.1 Å². The molecular weight excluding hydrogens is 348 g/mol. The van der Waals surface area contributed by atoms with Crippen LogP contribution in [-0.2, 0) is 4.79 Å². The highest BCUT2D eigenvalue weighted by Crippen LogP contribution is 2.46. The number of hydrogen-bond acceptors (Lipinski definition) is 7. The smallest absolute Gasteiger partial charge is 0.357 e. The number of carbonyl (C=O) groups is 2. The normalized spacial score (nSPS) is 16.0. The van der Waals surface area contributed by atoms with Gasteiger partial charge in [-0.05, 0) is 29.2 Å². The van der Waals surface area contributed by atoms with Gasteiger partial charge in [0.2, 0.25) is 11.7 Å². The molecule has 9 heteroatoms. The Kier molecular flexibility index (Phi) is 4.49. The molecule has 0 radical (unpaired) electrons. The number of aromatic nitrogens is 1. The van der Waals surface area contributed by atoms with E-state index < -0.39 is 5.97 Å². The van der Waals surface area contributed by atoms with Crippen molar-refractivity contribution < 1.29 is 28.9 Å². The monoisotopic (exact) mass is 364 g/mol. The second kappa shape index (κ2) is 6.60. The molecule has 0 saturated carbocycles. The van der Waals surface area contributed by atoms with Gasteiger partial charge in [-0.1, -0.05) is 0 Å². The second-order valence-electron chi connectivity index (χ2n) is 5.34. The minimum absolute atomic E-state index is 0.148. The van der Waals surface area contributed by atoms with Crippen LogP contribution in [0.3, 0.4) is 0 Å². The Labute approximate surface area is 147 Å². The number of nitrogens with zero attached hydrogens (tertiary/aromatic N) is 1. The third kappa shape index (κ3) is 2.86. The van der Waals surface area contributed by atoms with Crippen LogP contribution in [0, 0.1) is 0 Å². The lowest BCUT2D eigenvalue weighted by Crippen LogP contribution is -2.23. The molecule has 1 aromatic carbocycles. The Hall–Kier alpha value is -2.81. The topological polar surface area (TPSA) is 107 Å². The first-order valence-electron chi connectivity index (χ1n) is 7.32. The summed E-state index contributed by atoms with van der Waals surface area (Å²) in [6.45, 7) is 0. The van der Waals surface area contributed by atoms with E-state index >= 15 is 0 Å². The van der Waals surface area contributed by atoms with E-state index in [1.807, 2.05) is 0 Å². The molecule has 2 heterocycles. The summed E-state index contributed by atoms with van der Waals surface area (Å²) >= 11 is 1.06. The zero-order valence-electron chi connectivity index (χ0n) is 13.8. The maximum absolute atomic E-state index is 12.1. The van der Waals surface area contributed by atoms with E-state index in [9.17, 15) is 14.7 Å². The van der Waals surface area contributed by atoms with Gasteiger partial charge in [0.25, 0.3) is 0 Å². The van der Waals surface area contributed by atoms with Crippen LogP contribution >= 0.6 is 11.5 Å². The number of fused-ring (bicyclic) bond motifs is 1. The van der Waals surface area contributed by atoms with Crippen LogP contribution in [0.25, 0.3) is 0 Å². The van der Waals surface area contributed by atoms with Crippen LogP contribution in [0.2, 0.25) is 0 Å². The number of amides is 1. The number of benzene rings is 1. The molecule has 0 fully saturated rings. The largest absolute Gasteiger partial charge is 0.493 e. The highest BCUT2D eigenvalue weighted by atomic mass is 32.1. The van der Waals surface area contributed by atoms with Gasteiger partial charge in [0, 0.05) is 12.3 Å². The summed E-state index contributed by atoms with van der Waals surface area (Å²) < 4.78 is 20.0. The van der Waals surface area contributed by atoms with E-state index in [4.69, 9.17) is 14.2 Å². The van der Waals surface area contributed by atoms with Crippen molar-refractivity contribution in [3.63, 3.8) is 0 Å². The summed E-state index contributed by atoms with van der Waals surface area (Å²) in [6.07, 6.45) is 0.174. The van der Waals surface area contributed by atoms with Crippen molar-refractivity contribution in [3.05, 3.63) is 28.3 Å². The van der Waals surface area contributed by atoms with Gasteiger partial charge in [0.05, 0.1) is 31.9 Å². The number of nitrogens with one attached hydrogen (secondary N) is 1. The molecule has 0 spiro atoms. The molecule has 1 atom stereocenters. The van der Waals surface area contributed by atoms with Gasteiger partial charge in [-0.3, -0.25) is 4.79 Å². The van der Waals surface area contributed by atoms with Gasteiger partial charge >= 0.3 is 5.97 Å². The Morgan fingerprint density at radius 1 is 1.24 bits per heavy atom. The maximum atomic E-state index is 12.1. The van der Waals surface area contributed by atoms with E-state index in [2.05, 4.69) is 9.69 Å². The lowest BCUT2D eigenvalue weighted by Gasteiger charge is -2.24.